The smallest absolute Gasteiger partial charge is 0.169 e. The van der Waals surface area contributed by atoms with E-state index in [1.807, 2.05) is 24.3 Å². The average Bonchev–Trinajstić information content (AvgIpc) is 2.46. The average molecular weight is 247 g/mol. The van der Waals surface area contributed by atoms with Crippen LogP contribution in [0.1, 0.15) is 36.0 Å². The van der Waals surface area contributed by atoms with Crippen LogP contribution in [0, 0.1) is 11.8 Å². The van der Waals surface area contributed by atoms with Crippen LogP contribution < -0.4 is 10.5 Å². The second-order valence-corrected chi connectivity index (χ2v) is 4.95. The Kier molecular flexibility index (Phi) is 4.37. The molecule has 0 aliphatic heterocycles. The first-order valence-electron chi connectivity index (χ1n) is 6.65. The molecule has 0 saturated heterocycles. The summed E-state index contributed by atoms with van der Waals surface area (Å²) in [6, 6.07) is 7.46. The molecule has 3 heteroatoms. The largest absolute Gasteiger partial charge is 0.496 e. The van der Waals surface area contributed by atoms with Crippen LogP contribution in [-0.4, -0.2) is 19.4 Å². The SMILES string of the molecule is COc1ccccc1C(=O)C1CCCCC1CN. The number of carbonyl (C=O) groups is 1. The third kappa shape index (κ3) is 2.56. The first-order chi connectivity index (χ1) is 8.77. The lowest BCUT2D eigenvalue weighted by Crippen LogP contribution is -2.32. The molecule has 1 saturated carbocycles. The van der Waals surface area contributed by atoms with Crippen LogP contribution in [0.3, 0.4) is 0 Å². The molecule has 0 heterocycles. The van der Waals surface area contributed by atoms with E-state index in [-0.39, 0.29) is 11.7 Å². The fourth-order valence-electron chi connectivity index (χ4n) is 2.88. The van der Waals surface area contributed by atoms with Crippen LogP contribution in [0.4, 0.5) is 0 Å². The number of nitrogens with two attached hydrogens (primary N) is 1. The molecule has 18 heavy (non-hydrogen) atoms. The van der Waals surface area contributed by atoms with Crippen LogP contribution in [-0.2, 0) is 0 Å². The molecule has 0 radical (unpaired) electrons. The number of Topliss-reactive ketones (excluding diaryl/α,β-unsaturated/α-hetero) is 1. The summed E-state index contributed by atoms with van der Waals surface area (Å²) in [5.41, 5.74) is 6.50. The number of methoxy groups -OCH3 is 1. The van der Waals surface area contributed by atoms with Gasteiger partial charge in [-0.3, -0.25) is 4.79 Å². The maximum Gasteiger partial charge on any atom is 0.169 e. The van der Waals surface area contributed by atoms with Gasteiger partial charge in [0.25, 0.3) is 0 Å². The number of benzene rings is 1. The minimum atomic E-state index is 0.0695. The number of ketones is 1. The van der Waals surface area contributed by atoms with Gasteiger partial charge in [0, 0.05) is 5.92 Å². The third-order valence-electron chi connectivity index (χ3n) is 3.92. The van der Waals surface area contributed by atoms with Crippen molar-refractivity contribution in [3.05, 3.63) is 29.8 Å². The Morgan fingerprint density at radius 3 is 2.78 bits per heavy atom. The molecular weight excluding hydrogens is 226 g/mol. The monoisotopic (exact) mass is 247 g/mol. The number of rotatable bonds is 4. The Balaban J connectivity index is 2.24. The maximum atomic E-state index is 12.6. The quantitative estimate of drug-likeness (QED) is 0.832. The van der Waals surface area contributed by atoms with Crippen LogP contribution in [0.5, 0.6) is 5.75 Å². The van der Waals surface area contributed by atoms with Gasteiger partial charge in [-0.1, -0.05) is 25.0 Å². The zero-order valence-electron chi connectivity index (χ0n) is 10.9. The van der Waals surface area contributed by atoms with E-state index in [1.54, 1.807) is 7.11 Å². The Morgan fingerprint density at radius 2 is 2.06 bits per heavy atom. The summed E-state index contributed by atoms with van der Waals surface area (Å²) in [6.07, 6.45) is 4.35. The Labute approximate surface area is 108 Å². The molecule has 2 atom stereocenters. The molecule has 0 bridgehead atoms. The van der Waals surface area contributed by atoms with Gasteiger partial charge in [0.05, 0.1) is 12.7 Å². The normalized spacial score (nSPS) is 23.7. The van der Waals surface area contributed by atoms with Crippen molar-refractivity contribution >= 4 is 5.78 Å². The molecule has 1 aromatic rings. The summed E-state index contributed by atoms with van der Waals surface area (Å²) in [5, 5.41) is 0. The molecule has 1 aliphatic carbocycles. The molecule has 1 fully saturated rings. The van der Waals surface area contributed by atoms with Crippen LogP contribution in [0.2, 0.25) is 0 Å². The minimum absolute atomic E-state index is 0.0695. The first kappa shape index (κ1) is 13.1. The van der Waals surface area contributed by atoms with Crippen molar-refractivity contribution in [3.8, 4) is 5.75 Å². The van der Waals surface area contributed by atoms with Crippen molar-refractivity contribution in [1.82, 2.24) is 0 Å². The van der Waals surface area contributed by atoms with Crippen molar-refractivity contribution in [3.63, 3.8) is 0 Å². The fourth-order valence-corrected chi connectivity index (χ4v) is 2.88. The van der Waals surface area contributed by atoms with Crippen LogP contribution in [0.15, 0.2) is 24.3 Å². The molecular formula is C15H21NO2. The summed E-state index contributed by atoms with van der Waals surface area (Å²) >= 11 is 0. The van der Waals surface area contributed by atoms with Crippen molar-refractivity contribution in [1.29, 1.82) is 0 Å². The second kappa shape index (κ2) is 6.01. The van der Waals surface area contributed by atoms with Crippen LogP contribution in [0.25, 0.3) is 0 Å². The van der Waals surface area contributed by atoms with Crippen molar-refractivity contribution < 1.29 is 9.53 Å². The molecule has 0 amide bonds. The van der Waals surface area contributed by atoms with E-state index in [2.05, 4.69) is 0 Å². The van der Waals surface area contributed by atoms with Crippen molar-refractivity contribution in [2.75, 3.05) is 13.7 Å². The van der Waals surface area contributed by atoms with E-state index in [1.165, 1.54) is 6.42 Å². The Hall–Kier alpha value is -1.35. The lowest BCUT2D eigenvalue weighted by atomic mass is 9.75. The van der Waals surface area contributed by atoms with E-state index in [0.29, 0.717) is 23.8 Å². The van der Waals surface area contributed by atoms with E-state index in [9.17, 15) is 4.79 Å². The molecule has 0 aromatic heterocycles. The summed E-state index contributed by atoms with van der Waals surface area (Å²) in [5.74, 6) is 1.27. The summed E-state index contributed by atoms with van der Waals surface area (Å²) < 4.78 is 5.27. The Bertz CT molecular complexity index is 417. The highest BCUT2D eigenvalue weighted by Gasteiger charge is 2.31. The maximum absolute atomic E-state index is 12.6. The summed E-state index contributed by atoms with van der Waals surface area (Å²) in [4.78, 5) is 12.6. The zero-order chi connectivity index (χ0) is 13.0. The van der Waals surface area contributed by atoms with Gasteiger partial charge < -0.3 is 10.5 Å². The topological polar surface area (TPSA) is 52.3 Å². The number of hydrogen-bond donors (Lipinski definition) is 1. The summed E-state index contributed by atoms with van der Waals surface area (Å²) in [6.45, 7) is 0.603. The van der Waals surface area contributed by atoms with Gasteiger partial charge in [0.2, 0.25) is 0 Å². The van der Waals surface area contributed by atoms with Gasteiger partial charge in [0.1, 0.15) is 5.75 Å². The molecule has 3 nitrogen and oxygen atoms in total. The number of para-hydroxylation sites is 1. The van der Waals surface area contributed by atoms with Crippen molar-refractivity contribution in [2.45, 2.75) is 25.7 Å². The molecule has 2 unspecified atom stereocenters. The lowest BCUT2D eigenvalue weighted by Gasteiger charge is -2.29. The van der Waals surface area contributed by atoms with Gasteiger partial charge in [-0.25, -0.2) is 0 Å². The summed E-state index contributed by atoms with van der Waals surface area (Å²) in [7, 11) is 1.60. The van der Waals surface area contributed by atoms with E-state index >= 15 is 0 Å². The molecule has 2 N–H and O–H groups in total. The molecule has 1 aliphatic rings. The van der Waals surface area contributed by atoms with Gasteiger partial charge >= 0.3 is 0 Å². The van der Waals surface area contributed by atoms with Gasteiger partial charge in [-0.05, 0) is 37.4 Å². The number of carbonyl (C=O) groups excluding carboxylic acids is 1. The minimum Gasteiger partial charge on any atom is -0.496 e. The van der Waals surface area contributed by atoms with Crippen molar-refractivity contribution in [2.24, 2.45) is 17.6 Å². The molecule has 0 spiro atoms. The Morgan fingerprint density at radius 1 is 1.33 bits per heavy atom. The highest BCUT2D eigenvalue weighted by molar-refractivity contribution is 6.00. The third-order valence-corrected chi connectivity index (χ3v) is 3.92. The predicted molar refractivity (Wildman–Crippen MR) is 71.8 cm³/mol. The predicted octanol–water partition coefficient (Wildman–Crippen LogP) is 2.64. The lowest BCUT2D eigenvalue weighted by molar-refractivity contribution is 0.0826. The van der Waals surface area contributed by atoms with E-state index < -0.39 is 0 Å². The van der Waals surface area contributed by atoms with Gasteiger partial charge in [-0.2, -0.15) is 0 Å². The number of ether oxygens (including phenoxy) is 1. The highest BCUT2D eigenvalue weighted by Crippen LogP contribution is 2.33. The second-order valence-electron chi connectivity index (χ2n) is 4.95. The molecule has 1 aromatic carbocycles. The molecule has 98 valence electrons. The zero-order valence-corrected chi connectivity index (χ0v) is 10.9. The number of hydrogen-bond acceptors (Lipinski definition) is 3. The standard InChI is InChI=1S/C15H21NO2/c1-18-14-9-5-4-8-13(14)15(17)12-7-3-2-6-11(12)10-16/h4-5,8-9,11-12H,2-3,6-7,10,16H2,1H3. The van der Waals surface area contributed by atoms with E-state index in [0.717, 1.165) is 19.3 Å². The molecule has 2 rings (SSSR count). The first-order valence-corrected chi connectivity index (χ1v) is 6.65. The highest BCUT2D eigenvalue weighted by atomic mass is 16.5. The van der Waals surface area contributed by atoms with Gasteiger partial charge in [-0.15, -0.1) is 0 Å². The van der Waals surface area contributed by atoms with Crippen LogP contribution >= 0.6 is 0 Å². The van der Waals surface area contributed by atoms with Gasteiger partial charge in [0.15, 0.2) is 5.78 Å². The van der Waals surface area contributed by atoms with E-state index in [4.69, 9.17) is 10.5 Å². The fraction of sp³-hybridized carbons (Fsp3) is 0.533.